The molecule has 0 atom stereocenters. The summed E-state index contributed by atoms with van der Waals surface area (Å²) in [5, 5.41) is 4.18. The van der Waals surface area contributed by atoms with Crippen molar-refractivity contribution in [1.29, 1.82) is 0 Å². The number of hydrogen-bond donors (Lipinski definition) is 1. The van der Waals surface area contributed by atoms with Crippen molar-refractivity contribution in [3.63, 3.8) is 0 Å². The normalized spacial score (nSPS) is 15.2. The quantitative estimate of drug-likeness (QED) is 0.848. The predicted molar refractivity (Wildman–Crippen MR) is 70.3 cm³/mol. The Morgan fingerprint density at radius 2 is 2.19 bits per heavy atom. The van der Waals surface area contributed by atoms with Crippen LogP contribution in [0.15, 0.2) is 18.2 Å². The van der Waals surface area contributed by atoms with Crippen molar-refractivity contribution in [2.45, 2.75) is 32.4 Å². The van der Waals surface area contributed by atoms with Crippen molar-refractivity contribution in [2.75, 3.05) is 18.5 Å². The standard InChI is InChI=1S/C13H19ClN2/c1-3-15-9-10-8-11(14)4-7-13(10)16(2)12-5-6-12/h4,7-8,12,15H,3,5-6,9H2,1-2H3. The van der Waals surface area contributed by atoms with Crippen LogP contribution in [0.3, 0.4) is 0 Å². The molecule has 88 valence electrons. The molecule has 1 aromatic rings. The maximum Gasteiger partial charge on any atom is 0.0412 e. The fourth-order valence-corrected chi connectivity index (χ4v) is 2.15. The summed E-state index contributed by atoms with van der Waals surface area (Å²) in [4.78, 5) is 2.38. The molecule has 1 saturated carbocycles. The Hall–Kier alpha value is -0.730. The molecule has 0 aliphatic heterocycles. The summed E-state index contributed by atoms with van der Waals surface area (Å²) in [6.45, 7) is 4.00. The lowest BCUT2D eigenvalue weighted by atomic mass is 10.1. The van der Waals surface area contributed by atoms with Crippen molar-refractivity contribution in [3.8, 4) is 0 Å². The van der Waals surface area contributed by atoms with E-state index < -0.39 is 0 Å². The third-order valence-corrected chi connectivity index (χ3v) is 3.32. The second-order valence-electron chi connectivity index (χ2n) is 4.40. The van der Waals surface area contributed by atoms with Gasteiger partial charge in [0, 0.05) is 30.3 Å². The molecule has 1 N–H and O–H groups in total. The first-order chi connectivity index (χ1) is 7.72. The van der Waals surface area contributed by atoms with Crippen molar-refractivity contribution < 1.29 is 0 Å². The molecule has 0 unspecified atom stereocenters. The Bertz CT molecular complexity index is 361. The van der Waals surface area contributed by atoms with Crippen molar-refractivity contribution in [2.24, 2.45) is 0 Å². The lowest BCUT2D eigenvalue weighted by Crippen LogP contribution is -2.22. The van der Waals surface area contributed by atoms with E-state index in [9.17, 15) is 0 Å². The summed E-state index contributed by atoms with van der Waals surface area (Å²) in [5.41, 5.74) is 2.61. The van der Waals surface area contributed by atoms with Gasteiger partial charge in [-0.15, -0.1) is 0 Å². The lowest BCUT2D eigenvalue weighted by Gasteiger charge is -2.22. The molecule has 0 bridgehead atoms. The molecule has 1 aliphatic rings. The topological polar surface area (TPSA) is 15.3 Å². The molecule has 16 heavy (non-hydrogen) atoms. The van der Waals surface area contributed by atoms with E-state index in [1.165, 1.54) is 24.1 Å². The third-order valence-electron chi connectivity index (χ3n) is 3.08. The van der Waals surface area contributed by atoms with Crippen LogP contribution in [0.5, 0.6) is 0 Å². The first-order valence-electron chi connectivity index (χ1n) is 5.94. The van der Waals surface area contributed by atoms with Gasteiger partial charge in [-0.2, -0.15) is 0 Å². The van der Waals surface area contributed by atoms with Gasteiger partial charge in [0.25, 0.3) is 0 Å². The van der Waals surface area contributed by atoms with Gasteiger partial charge in [0.1, 0.15) is 0 Å². The number of anilines is 1. The summed E-state index contributed by atoms with van der Waals surface area (Å²) in [6.07, 6.45) is 2.64. The van der Waals surface area contributed by atoms with Gasteiger partial charge in [-0.25, -0.2) is 0 Å². The maximum atomic E-state index is 6.05. The van der Waals surface area contributed by atoms with E-state index in [4.69, 9.17) is 11.6 Å². The molecule has 1 aliphatic carbocycles. The first-order valence-corrected chi connectivity index (χ1v) is 6.32. The highest BCUT2D eigenvalue weighted by Gasteiger charge is 2.27. The summed E-state index contributed by atoms with van der Waals surface area (Å²) in [7, 11) is 2.18. The Kier molecular flexibility index (Phi) is 3.72. The van der Waals surface area contributed by atoms with E-state index in [1.807, 2.05) is 6.07 Å². The van der Waals surface area contributed by atoms with Crippen LogP contribution >= 0.6 is 11.6 Å². The van der Waals surface area contributed by atoms with Gasteiger partial charge in [-0.1, -0.05) is 18.5 Å². The zero-order chi connectivity index (χ0) is 11.5. The number of nitrogens with one attached hydrogen (secondary N) is 1. The number of benzene rings is 1. The molecule has 3 heteroatoms. The zero-order valence-electron chi connectivity index (χ0n) is 9.96. The molecular formula is C13H19ClN2. The summed E-state index contributed by atoms with van der Waals surface area (Å²) >= 11 is 6.05. The molecule has 0 saturated heterocycles. The van der Waals surface area contributed by atoms with Crippen LogP contribution in [0.2, 0.25) is 5.02 Å². The molecule has 1 aromatic carbocycles. The van der Waals surface area contributed by atoms with Gasteiger partial charge in [-0.05, 0) is 43.1 Å². The van der Waals surface area contributed by atoms with Gasteiger partial charge in [0.15, 0.2) is 0 Å². The molecule has 2 rings (SSSR count). The smallest absolute Gasteiger partial charge is 0.0412 e. The van der Waals surface area contributed by atoms with Crippen LogP contribution in [0, 0.1) is 0 Å². The molecule has 0 aromatic heterocycles. The average molecular weight is 239 g/mol. The Balaban J connectivity index is 2.20. The van der Waals surface area contributed by atoms with Gasteiger partial charge < -0.3 is 10.2 Å². The summed E-state index contributed by atoms with van der Waals surface area (Å²) in [5.74, 6) is 0. The van der Waals surface area contributed by atoms with E-state index in [1.54, 1.807) is 0 Å². The van der Waals surface area contributed by atoms with E-state index in [0.717, 1.165) is 24.2 Å². The average Bonchev–Trinajstić information content (AvgIpc) is 3.09. The first kappa shape index (κ1) is 11.7. The molecule has 2 nitrogen and oxygen atoms in total. The van der Waals surface area contributed by atoms with E-state index in [-0.39, 0.29) is 0 Å². The second kappa shape index (κ2) is 5.07. The fraction of sp³-hybridized carbons (Fsp3) is 0.538. The van der Waals surface area contributed by atoms with Crippen molar-refractivity contribution in [1.82, 2.24) is 5.32 Å². The molecule has 0 amide bonds. The number of nitrogens with zero attached hydrogens (tertiary/aromatic N) is 1. The number of halogens is 1. The van der Waals surface area contributed by atoms with Gasteiger partial charge in [0.2, 0.25) is 0 Å². The van der Waals surface area contributed by atoms with Gasteiger partial charge in [-0.3, -0.25) is 0 Å². The molecule has 1 fully saturated rings. The van der Waals surface area contributed by atoms with Gasteiger partial charge >= 0.3 is 0 Å². The van der Waals surface area contributed by atoms with E-state index in [2.05, 4.69) is 36.3 Å². The highest BCUT2D eigenvalue weighted by atomic mass is 35.5. The minimum atomic E-state index is 0.738. The van der Waals surface area contributed by atoms with E-state index >= 15 is 0 Å². The van der Waals surface area contributed by atoms with Gasteiger partial charge in [0.05, 0.1) is 0 Å². The third kappa shape index (κ3) is 2.69. The Morgan fingerprint density at radius 1 is 1.44 bits per heavy atom. The Morgan fingerprint density at radius 3 is 2.81 bits per heavy atom. The minimum absolute atomic E-state index is 0.738. The number of hydrogen-bond acceptors (Lipinski definition) is 2. The molecular weight excluding hydrogens is 220 g/mol. The second-order valence-corrected chi connectivity index (χ2v) is 4.83. The van der Waals surface area contributed by atoms with Crippen LogP contribution in [-0.4, -0.2) is 19.6 Å². The highest BCUT2D eigenvalue weighted by Crippen LogP contribution is 2.33. The van der Waals surface area contributed by atoms with Crippen LogP contribution in [-0.2, 0) is 6.54 Å². The van der Waals surface area contributed by atoms with Crippen molar-refractivity contribution in [3.05, 3.63) is 28.8 Å². The highest BCUT2D eigenvalue weighted by molar-refractivity contribution is 6.30. The van der Waals surface area contributed by atoms with Crippen LogP contribution in [0.1, 0.15) is 25.3 Å². The largest absolute Gasteiger partial charge is 0.371 e. The fourth-order valence-electron chi connectivity index (χ4n) is 1.96. The maximum absolute atomic E-state index is 6.05. The van der Waals surface area contributed by atoms with Crippen LogP contribution in [0.4, 0.5) is 5.69 Å². The zero-order valence-corrected chi connectivity index (χ0v) is 10.7. The van der Waals surface area contributed by atoms with Crippen LogP contribution < -0.4 is 10.2 Å². The predicted octanol–water partition coefficient (Wildman–Crippen LogP) is 3.05. The van der Waals surface area contributed by atoms with E-state index in [0.29, 0.717) is 0 Å². The Labute approximate surface area is 103 Å². The molecule has 0 radical (unpaired) electrons. The summed E-state index contributed by atoms with van der Waals surface area (Å²) < 4.78 is 0. The summed E-state index contributed by atoms with van der Waals surface area (Å²) in [6, 6.07) is 6.92. The molecule has 0 spiro atoms. The van der Waals surface area contributed by atoms with Crippen LogP contribution in [0.25, 0.3) is 0 Å². The monoisotopic (exact) mass is 238 g/mol. The SMILES string of the molecule is CCNCc1cc(Cl)ccc1N(C)C1CC1. The minimum Gasteiger partial charge on any atom is -0.371 e. The molecule has 0 heterocycles. The lowest BCUT2D eigenvalue weighted by molar-refractivity contribution is 0.723. The number of rotatable bonds is 5. The van der Waals surface area contributed by atoms with Crippen molar-refractivity contribution >= 4 is 17.3 Å².